The van der Waals surface area contributed by atoms with E-state index in [0.717, 1.165) is 22.3 Å². The molecule has 1 aromatic carbocycles. The minimum atomic E-state index is -0.262. The van der Waals surface area contributed by atoms with Gasteiger partial charge in [-0.05, 0) is 44.5 Å². The predicted molar refractivity (Wildman–Crippen MR) is 100 cm³/mol. The van der Waals surface area contributed by atoms with Gasteiger partial charge in [0.2, 0.25) is 0 Å². The number of carbonyl (C=O) groups is 1. The molecule has 1 N–H and O–H groups in total. The lowest BCUT2D eigenvalue weighted by Gasteiger charge is -2.16. The monoisotopic (exact) mass is 376 g/mol. The number of nitrogens with zero attached hydrogens (tertiary/aromatic N) is 3. The summed E-state index contributed by atoms with van der Waals surface area (Å²) in [5.41, 5.74) is 3.60. The topological polar surface area (TPSA) is 59.8 Å². The average Bonchev–Trinajstić information content (AvgIpc) is 2.80. The highest BCUT2D eigenvalue weighted by Crippen LogP contribution is 2.27. The van der Waals surface area contributed by atoms with Crippen LogP contribution in [0.3, 0.4) is 0 Å². The van der Waals surface area contributed by atoms with Crippen molar-refractivity contribution < 1.29 is 4.79 Å². The molecule has 1 atom stereocenters. The van der Waals surface area contributed by atoms with Crippen LogP contribution in [0.25, 0.3) is 11.0 Å². The quantitative estimate of drug-likeness (QED) is 0.737. The first-order chi connectivity index (χ1) is 11.8. The van der Waals surface area contributed by atoms with E-state index in [1.807, 2.05) is 40.0 Å². The van der Waals surface area contributed by atoms with Gasteiger partial charge in [0, 0.05) is 22.5 Å². The van der Waals surface area contributed by atoms with E-state index in [9.17, 15) is 4.79 Å². The van der Waals surface area contributed by atoms with Gasteiger partial charge in [-0.1, -0.05) is 29.3 Å². The van der Waals surface area contributed by atoms with Crippen LogP contribution in [0, 0.1) is 13.8 Å². The molecule has 1 amide bonds. The Morgan fingerprint density at radius 1 is 1.20 bits per heavy atom. The Balaban J connectivity index is 1.91. The first kappa shape index (κ1) is 17.7. The van der Waals surface area contributed by atoms with Gasteiger partial charge in [-0.2, -0.15) is 5.10 Å². The van der Waals surface area contributed by atoms with Crippen LogP contribution in [-0.2, 0) is 7.05 Å². The third-order valence-corrected chi connectivity index (χ3v) is 4.77. The van der Waals surface area contributed by atoms with Crippen molar-refractivity contribution in [2.24, 2.45) is 7.05 Å². The standard InChI is InChI=1S/C18H18Cl2N4O/c1-9(13-6-5-12(19)7-16(13)20)22-18(25)15-8-14-11(3)23-24(4)17(14)21-10(15)2/h5-9H,1-4H3,(H,22,25). The molecular formula is C18H18Cl2N4O. The van der Waals surface area contributed by atoms with Gasteiger partial charge in [-0.3, -0.25) is 9.48 Å². The number of fused-ring (bicyclic) bond motifs is 1. The number of hydrogen-bond acceptors (Lipinski definition) is 3. The number of aromatic nitrogens is 3. The van der Waals surface area contributed by atoms with Crippen molar-refractivity contribution in [2.75, 3.05) is 0 Å². The molecule has 0 aliphatic carbocycles. The second-order valence-electron chi connectivity index (χ2n) is 6.06. The van der Waals surface area contributed by atoms with Gasteiger partial charge < -0.3 is 5.32 Å². The van der Waals surface area contributed by atoms with Crippen LogP contribution < -0.4 is 5.32 Å². The van der Waals surface area contributed by atoms with Crippen LogP contribution in [0.5, 0.6) is 0 Å². The highest BCUT2D eigenvalue weighted by atomic mass is 35.5. The maximum atomic E-state index is 12.7. The van der Waals surface area contributed by atoms with Crippen LogP contribution in [0.15, 0.2) is 24.3 Å². The second kappa shape index (κ2) is 6.65. The lowest BCUT2D eigenvalue weighted by atomic mass is 10.1. The number of amides is 1. The van der Waals surface area contributed by atoms with Crippen LogP contribution in [0.1, 0.15) is 40.3 Å². The van der Waals surface area contributed by atoms with Crippen molar-refractivity contribution in [3.8, 4) is 0 Å². The summed E-state index contributed by atoms with van der Waals surface area (Å²) in [6.07, 6.45) is 0. The Morgan fingerprint density at radius 3 is 2.60 bits per heavy atom. The predicted octanol–water partition coefficient (Wildman–Crippen LogP) is 4.38. The summed E-state index contributed by atoms with van der Waals surface area (Å²) >= 11 is 12.2. The number of carbonyl (C=O) groups excluding carboxylic acids is 1. The van der Waals surface area contributed by atoms with E-state index in [4.69, 9.17) is 23.2 Å². The molecule has 130 valence electrons. The van der Waals surface area contributed by atoms with Gasteiger partial charge in [0.05, 0.1) is 23.0 Å². The van der Waals surface area contributed by atoms with Gasteiger partial charge in [-0.15, -0.1) is 0 Å². The van der Waals surface area contributed by atoms with Crippen LogP contribution in [0.2, 0.25) is 10.0 Å². The summed E-state index contributed by atoms with van der Waals surface area (Å²) in [5.74, 6) is -0.200. The van der Waals surface area contributed by atoms with Gasteiger partial charge >= 0.3 is 0 Å². The van der Waals surface area contributed by atoms with E-state index in [1.165, 1.54) is 0 Å². The van der Waals surface area contributed by atoms with Crippen molar-refractivity contribution in [3.63, 3.8) is 0 Å². The van der Waals surface area contributed by atoms with Gasteiger partial charge in [0.25, 0.3) is 5.91 Å². The van der Waals surface area contributed by atoms with Crippen LogP contribution in [0.4, 0.5) is 0 Å². The summed E-state index contributed by atoms with van der Waals surface area (Å²) in [7, 11) is 1.84. The molecule has 0 saturated carbocycles. The first-order valence-corrected chi connectivity index (χ1v) is 8.60. The molecule has 3 aromatic rings. The van der Waals surface area contributed by atoms with E-state index >= 15 is 0 Å². The average molecular weight is 377 g/mol. The summed E-state index contributed by atoms with van der Waals surface area (Å²) < 4.78 is 1.72. The number of aryl methyl sites for hydroxylation is 3. The maximum Gasteiger partial charge on any atom is 0.253 e. The molecule has 2 heterocycles. The van der Waals surface area contributed by atoms with E-state index in [2.05, 4.69) is 15.4 Å². The fourth-order valence-corrected chi connectivity index (χ4v) is 3.44. The summed E-state index contributed by atoms with van der Waals surface area (Å²) in [6.45, 7) is 5.59. The van der Waals surface area contributed by atoms with E-state index < -0.39 is 0 Å². The Kier molecular flexibility index (Phi) is 4.71. The van der Waals surface area contributed by atoms with Crippen molar-refractivity contribution in [1.82, 2.24) is 20.1 Å². The largest absolute Gasteiger partial charge is 0.345 e. The number of nitrogens with one attached hydrogen (secondary N) is 1. The first-order valence-electron chi connectivity index (χ1n) is 7.84. The number of benzene rings is 1. The molecule has 3 rings (SSSR count). The molecule has 0 spiro atoms. The number of halogens is 2. The molecule has 1 unspecified atom stereocenters. The Labute approximate surface area is 156 Å². The zero-order valence-electron chi connectivity index (χ0n) is 14.4. The lowest BCUT2D eigenvalue weighted by molar-refractivity contribution is 0.0939. The highest BCUT2D eigenvalue weighted by molar-refractivity contribution is 6.35. The molecule has 0 radical (unpaired) electrons. The van der Waals surface area contributed by atoms with Crippen molar-refractivity contribution in [3.05, 3.63) is 56.8 Å². The smallest absolute Gasteiger partial charge is 0.253 e. The van der Waals surface area contributed by atoms with Crippen molar-refractivity contribution >= 4 is 40.1 Å². The molecule has 25 heavy (non-hydrogen) atoms. The molecule has 0 aliphatic heterocycles. The molecule has 0 bridgehead atoms. The lowest BCUT2D eigenvalue weighted by Crippen LogP contribution is -2.27. The van der Waals surface area contributed by atoms with Crippen molar-refractivity contribution in [2.45, 2.75) is 26.8 Å². The number of hydrogen-bond donors (Lipinski definition) is 1. The molecule has 0 fully saturated rings. The number of pyridine rings is 1. The van der Waals surface area contributed by atoms with E-state index in [0.29, 0.717) is 21.3 Å². The van der Waals surface area contributed by atoms with Crippen LogP contribution in [-0.4, -0.2) is 20.7 Å². The van der Waals surface area contributed by atoms with Gasteiger partial charge in [-0.25, -0.2) is 4.98 Å². The molecule has 5 nitrogen and oxygen atoms in total. The number of rotatable bonds is 3. The van der Waals surface area contributed by atoms with Gasteiger partial charge in [0.1, 0.15) is 0 Å². The molecular weight excluding hydrogens is 359 g/mol. The second-order valence-corrected chi connectivity index (χ2v) is 6.91. The fraction of sp³-hybridized carbons (Fsp3) is 0.278. The molecule has 2 aromatic heterocycles. The summed E-state index contributed by atoms with van der Waals surface area (Å²) in [6, 6.07) is 6.81. The molecule has 7 heteroatoms. The molecule has 0 saturated heterocycles. The summed E-state index contributed by atoms with van der Waals surface area (Å²) in [4.78, 5) is 17.3. The normalized spacial score (nSPS) is 12.4. The SMILES string of the molecule is Cc1nc2c(cc1C(=O)NC(C)c1ccc(Cl)cc1Cl)c(C)nn2C. The minimum Gasteiger partial charge on any atom is -0.345 e. The van der Waals surface area contributed by atoms with Crippen molar-refractivity contribution in [1.29, 1.82) is 0 Å². The maximum absolute atomic E-state index is 12.7. The summed E-state index contributed by atoms with van der Waals surface area (Å²) in [5, 5.41) is 9.28. The molecule has 0 aliphatic rings. The third kappa shape index (κ3) is 3.34. The Morgan fingerprint density at radius 2 is 1.92 bits per heavy atom. The highest BCUT2D eigenvalue weighted by Gasteiger charge is 2.18. The minimum absolute atomic E-state index is 0.200. The van der Waals surface area contributed by atoms with E-state index in [-0.39, 0.29) is 11.9 Å². The van der Waals surface area contributed by atoms with Crippen LogP contribution >= 0.6 is 23.2 Å². The van der Waals surface area contributed by atoms with E-state index in [1.54, 1.807) is 16.8 Å². The fourth-order valence-electron chi connectivity index (χ4n) is 2.87. The Hall–Kier alpha value is -2.11. The third-order valence-electron chi connectivity index (χ3n) is 4.21. The van der Waals surface area contributed by atoms with Gasteiger partial charge in [0.15, 0.2) is 5.65 Å². The zero-order valence-corrected chi connectivity index (χ0v) is 15.9. The Bertz CT molecular complexity index is 981. The zero-order chi connectivity index (χ0) is 18.3.